The highest BCUT2D eigenvalue weighted by Gasteiger charge is 2.13. The van der Waals surface area contributed by atoms with E-state index >= 15 is 0 Å². The van der Waals surface area contributed by atoms with Crippen molar-refractivity contribution >= 4 is 5.97 Å². The zero-order chi connectivity index (χ0) is 33.4. The number of aliphatic hydroxyl groups is 1. The van der Waals surface area contributed by atoms with Gasteiger partial charge in [-0.25, -0.2) is 0 Å². The molecule has 4 heteroatoms. The van der Waals surface area contributed by atoms with Crippen molar-refractivity contribution in [2.45, 2.75) is 219 Å². The average Bonchev–Trinajstić information content (AvgIpc) is 3.06. The Balaban J connectivity index is 3.41. The molecule has 0 aromatic rings. The SMILES string of the molecule is CCCCCCC/C=C\CCCCCCCC(=O)OC(CO)COCCCCCCCCCCCC/C=C\CCCCCCCC. The molecule has 0 amide bonds. The van der Waals surface area contributed by atoms with Gasteiger partial charge >= 0.3 is 5.97 Å². The smallest absolute Gasteiger partial charge is 0.306 e. The first-order valence-corrected chi connectivity index (χ1v) is 20.4. The summed E-state index contributed by atoms with van der Waals surface area (Å²) >= 11 is 0. The molecular weight excluding hydrogens is 568 g/mol. The van der Waals surface area contributed by atoms with Gasteiger partial charge in [-0.2, -0.15) is 0 Å². The minimum atomic E-state index is -0.535. The molecule has 0 bridgehead atoms. The molecule has 0 aromatic heterocycles. The van der Waals surface area contributed by atoms with Crippen LogP contribution >= 0.6 is 0 Å². The number of hydrogen-bond acceptors (Lipinski definition) is 4. The van der Waals surface area contributed by atoms with Gasteiger partial charge in [-0.1, -0.05) is 167 Å². The summed E-state index contributed by atoms with van der Waals surface area (Å²) in [4.78, 5) is 12.2. The van der Waals surface area contributed by atoms with Crippen LogP contribution in [0.2, 0.25) is 0 Å². The second-order valence-corrected chi connectivity index (χ2v) is 13.7. The zero-order valence-electron chi connectivity index (χ0n) is 31.1. The summed E-state index contributed by atoms with van der Waals surface area (Å²) in [5.74, 6) is -0.208. The topological polar surface area (TPSA) is 55.8 Å². The molecule has 0 aliphatic rings. The lowest BCUT2D eigenvalue weighted by molar-refractivity contribution is -0.154. The Labute approximate surface area is 288 Å². The Bertz CT molecular complexity index is 644. The minimum absolute atomic E-state index is 0.173. The third-order valence-electron chi connectivity index (χ3n) is 9.00. The second kappa shape index (κ2) is 40.0. The van der Waals surface area contributed by atoms with Crippen LogP contribution in [0.25, 0.3) is 0 Å². The van der Waals surface area contributed by atoms with Crippen LogP contribution in [-0.4, -0.2) is 37.0 Å². The first-order valence-electron chi connectivity index (χ1n) is 20.4. The van der Waals surface area contributed by atoms with Gasteiger partial charge in [-0.15, -0.1) is 0 Å². The molecular formula is C42H80O4. The third-order valence-corrected chi connectivity index (χ3v) is 9.00. The summed E-state index contributed by atoms with van der Waals surface area (Å²) < 4.78 is 11.1. The molecule has 1 N–H and O–H groups in total. The highest BCUT2D eigenvalue weighted by molar-refractivity contribution is 5.69. The Hall–Kier alpha value is -1.13. The maximum atomic E-state index is 12.2. The number of unbranched alkanes of at least 4 members (excludes halogenated alkanes) is 26. The standard InChI is InChI=1S/C42H80O4/c1-3-5-7-9-11-13-15-17-19-20-21-22-23-24-26-28-30-32-34-36-38-45-40-41(39-43)46-42(44)37-35-33-31-29-27-25-18-16-14-12-10-8-6-4-2/h16-19,41,43H,3-15,20-40H2,1-2H3/b18-16-,19-17-. The van der Waals surface area contributed by atoms with Crippen molar-refractivity contribution in [1.82, 2.24) is 0 Å². The molecule has 0 radical (unpaired) electrons. The van der Waals surface area contributed by atoms with Crippen molar-refractivity contribution in [3.8, 4) is 0 Å². The molecule has 0 saturated heterocycles. The summed E-state index contributed by atoms with van der Waals surface area (Å²) in [6.07, 6.45) is 48.0. The van der Waals surface area contributed by atoms with Gasteiger partial charge in [0.15, 0.2) is 0 Å². The molecule has 0 saturated carbocycles. The molecule has 0 heterocycles. The highest BCUT2D eigenvalue weighted by Crippen LogP contribution is 2.13. The van der Waals surface area contributed by atoms with E-state index in [1.807, 2.05) is 0 Å². The molecule has 4 nitrogen and oxygen atoms in total. The predicted octanol–water partition coefficient (Wildman–Crippen LogP) is 13.2. The maximum absolute atomic E-state index is 12.2. The number of ether oxygens (including phenoxy) is 2. The van der Waals surface area contributed by atoms with Crippen LogP contribution in [0.5, 0.6) is 0 Å². The highest BCUT2D eigenvalue weighted by atomic mass is 16.6. The van der Waals surface area contributed by atoms with E-state index in [-0.39, 0.29) is 12.6 Å². The largest absolute Gasteiger partial charge is 0.457 e. The lowest BCUT2D eigenvalue weighted by Gasteiger charge is -2.15. The van der Waals surface area contributed by atoms with Crippen molar-refractivity contribution in [3.05, 3.63) is 24.3 Å². The first-order chi connectivity index (χ1) is 22.7. The number of hydrogen-bond donors (Lipinski definition) is 1. The number of esters is 1. The molecule has 0 rings (SSSR count). The van der Waals surface area contributed by atoms with E-state index in [4.69, 9.17) is 9.47 Å². The number of allylic oxidation sites excluding steroid dienone is 4. The van der Waals surface area contributed by atoms with Gasteiger partial charge < -0.3 is 14.6 Å². The van der Waals surface area contributed by atoms with Crippen molar-refractivity contribution in [1.29, 1.82) is 0 Å². The summed E-state index contributed by atoms with van der Waals surface area (Å²) in [5.41, 5.74) is 0. The van der Waals surface area contributed by atoms with Gasteiger partial charge in [0.1, 0.15) is 6.10 Å². The molecule has 272 valence electrons. The van der Waals surface area contributed by atoms with E-state index in [1.165, 1.54) is 173 Å². The van der Waals surface area contributed by atoms with Gasteiger partial charge in [-0.3, -0.25) is 4.79 Å². The zero-order valence-corrected chi connectivity index (χ0v) is 31.1. The lowest BCUT2D eigenvalue weighted by atomic mass is 10.1. The molecule has 0 aliphatic carbocycles. The van der Waals surface area contributed by atoms with Crippen molar-refractivity contribution < 1.29 is 19.4 Å². The van der Waals surface area contributed by atoms with E-state index in [0.29, 0.717) is 19.6 Å². The summed E-state index contributed by atoms with van der Waals surface area (Å²) in [6.45, 7) is 5.34. The number of aliphatic hydroxyl groups excluding tert-OH is 1. The van der Waals surface area contributed by atoms with Crippen LogP contribution < -0.4 is 0 Å². The van der Waals surface area contributed by atoms with Gasteiger partial charge in [0.25, 0.3) is 0 Å². The minimum Gasteiger partial charge on any atom is -0.457 e. The van der Waals surface area contributed by atoms with Crippen molar-refractivity contribution in [2.75, 3.05) is 19.8 Å². The van der Waals surface area contributed by atoms with Crippen LogP contribution in [0.4, 0.5) is 0 Å². The first kappa shape index (κ1) is 44.9. The van der Waals surface area contributed by atoms with E-state index in [9.17, 15) is 9.90 Å². The molecule has 0 spiro atoms. The van der Waals surface area contributed by atoms with Crippen molar-refractivity contribution in [2.24, 2.45) is 0 Å². The van der Waals surface area contributed by atoms with Gasteiger partial charge in [0.05, 0.1) is 13.2 Å². The normalized spacial score (nSPS) is 12.5. The van der Waals surface area contributed by atoms with Gasteiger partial charge in [-0.05, 0) is 64.2 Å². The summed E-state index contributed by atoms with van der Waals surface area (Å²) in [7, 11) is 0. The molecule has 0 aromatic carbocycles. The predicted molar refractivity (Wildman–Crippen MR) is 201 cm³/mol. The monoisotopic (exact) mass is 649 g/mol. The molecule has 0 fully saturated rings. The quantitative estimate of drug-likeness (QED) is 0.0411. The van der Waals surface area contributed by atoms with Gasteiger partial charge in [0.2, 0.25) is 0 Å². The van der Waals surface area contributed by atoms with E-state index in [2.05, 4.69) is 38.2 Å². The third kappa shape index (κ3) is 37.3. The Morgan fingerprint density at radius 1 is 0.500 bits per heavy atom. The van der Waals surface area contributed by atoms with E-state index < -0.39 is 6.10 Å². The van der Waals surface area contributed by atoms with E-state index in [1.54, 1.807) is 0 Å². The Kier molecular flexibility index (Phi) is 39.1. The van der Waals surface area contributed by atoms with Gasteiger partial charge in [0, 0.05) is 13.0 Å². The fourth-order valence-electron chi connectivity index (χ4n) is 5.91. The van der Waals surface area contributed by atoms with Crippen LogP contribution in [0.3, 0.4) is 0 Å². The lowest BCUT2D eigenvalue weighted by Crippen LogP contribution is -2.27. The molecule has 1 atom stereocenters. The second-order valence-electron chi connectivity index (χ2n) is 13.7. The van der Waals surface area contributed by atoms with Crippen molar-refractivity contribution in [3.63, 3.8) is 0 Å². The van der Waals surface area contributed by atoms with Crippen LogP contribution in [-0.2, 0) is 14.3 Å². The fourth-order valence-corrected chi connectivity index (χ4v) is 5.91. The maximum Gasteiger partial charge on any atom is 0.306 e. The molecule has 46 heavy (non-hydrogen) atoms. The number of rotatable bonds is 38. The fraction of sp³-hybridized carbons (Fsp3) is 0.881. The van der Waals surface area contributed by atoms with E-state index in [0.717, 1.165) is 19.3 Å². The van der Waals surface area contributed by atoms with Crippen LogP contribution in [0.15, 0.2) is 24.3 Å². The number of carbonyl (C=O) groups is 1. The summed E-state index contributed by atoms with van der Waals surface area (Å²) in [5, 5.41) is 9.58. The molecule has 0 aliphatic heterocycles. The van der Waals surface area contributed by atoms with Crippen LogP contribution in [0.1, 0.15) is 213 Å². The van der Waals surface area contributed by atoms with Crippen LogP contribution in [0, 0.1) is 0 Å². The molecule has 1 unspecified atom stereocenters. The Morgan fingerprint density at radius 3 is 1.24 bits per heavy atom. The Morgan fingerprint density at radius 2 is 0.848 bits per heavy atom. The number of carbonyl (C=O) groups excluding carboxylic acids is 1. The summed E-state index contributed by atoms with van der Waals surface area (Å²) in [6, 6.07) is 0. The average molecular weight is 649 g/mol.